The number of rotatable bonds is 5. The molecule has 6 heteroatoms. The van der Waals surface area contributed by atoms with Gasteiger partial charge < -0.3 is 15.4 Å². The second kappa shape index (κ2) is 4.88. The number of hydrogen-bond acceptors (Lipinski definition) is 4. The third-order valence-electron chi connectivity index (χ3n) is 1.98. The van der Waals surface area contributed by atoms with Crippen LogP contribution in [-0.2, 0) is 6.54 Å². The average Bonchev–Trinajstić information content (AvgIpc) is 2.46. The van der Waals surface area contributed by atoms with Crippen molar-refractivity contribution < 1.29 is 4.92 Å². The molecule has 0 atom stereocenters. The molecule has 0 saturated heterocycles. The lowest BCUT2D eigenvalue weighted by atomic mass is 10.4. The lowest BCUT2D eigenvalue weighted by Crippen LogP contribution is -2.26. The first-order valence-corrected chi connectivity index (χ1v) is 4.92. The molecule has 0 bridgehead atoms. The number of aryl methyl sites for hydroxylation is 1. The molecule has 0 spiro atoms. The van der Waals surface area contributed by atoms with Crippen LogP contribution < -0.4 is 5.32 Å². The molecule has 15 heavy (non-hydrogen) atoms. The van der Waals surface area contributed by atoms with Gasteiger partial charge in [0.25, 0.3) is 0 Å². The zero-order valence-corrected chi connectivity index (χ0v) is 9.23. The van der Waals surface area contributed by atoms with Crippen LogP contribution in [0.2, 0.25) is 0 Å². The van der Waals surface area contributed by atoms with Crippen molar-refractivity contribution in [2.45, 2.75) is 33.4 Å². The van der Waals surface area contributed by atoms with Crippen molar-refractivity contribution in [2.75, 3.05) is 6.54 Å². The van der Waals surface area contributed by atoms with E-state index in [0.717, 1.165) is 6.54 Å². The Kier molecular flexibility index (Phi) is 3.79. The van der Waals surface area contributed by atoms with E-state index in [9.17, 15) is 10.1 Å². The van der Waals surface area contributed by atoms with Crippen molar-refractivity contribution in [3.05, 3.63) is 21.9 Å². The van der Waals surface area contributed by atoms with Crippen molar-refractivity contribution in [1.29, 1.82) is 0 Å². The molecule has 0 unspecified atom stereocenters. The van der Waals surface area contributed by atoms with E-state index in [2.05, 4.69) is 24.3 Å². The van der Waals surface area contributed by atoms with Gasteiger partial charge in [-0.2, -0.15) is 4.68 Å². The fourth-order valence-electron chi connectivity index (χ4n) is 1.27. The van der Waals surface area contributed by atoms with Gasteiger partial charge in [0.15, 0.2) is 0 Å². The predicted octanol–water partition coefficient (Wildman–Crippen LogP) is 1.10. The van der Waals surface area contributed by atoms with Crippen molar-refractivity contribution in [1.82, 2.24) is 15.1 Å². The van der Waals surface area contributed by atoms with Crippen molar-refractivity contribution >= 4 is 5.82 Å². The van der Waals surface area contributed by atoms with Gasteiger partial charge in [-0.25, -0.2) is 0 Å². The molecule has 84 valence electrons. The van der Waals surface area contributed by atoms with Crippen molar-refractivity contribution in [2.24, 2.45) is 0 Å². The highest BCUT2D eigenvalue weighted by atomic mass is 16.6. The van der Waals surface area contributed by atoms with Crippen LogP contribution in [-0.4, -0.2) is 27.3 Å². The summed E-state index contributed by atoms with van der Waals surface area (Å²) in [4.78, 5) is 10.1. The molecule has 1 aromatic rings. The van der Waals surface area contributed by atoms with Crippen molar-refractivity contribution in [3.8, 4) is 0 Å². The van der Waals surface area contributed by atoms with Crippen LogP contribution >= 0.6 is 0 Å². The van der Waals surface area contributed by atoms with Gasteiger partial charge >= 0.3 is 5.82 Å². The molecule has 1 rings (SSSR count). The molecule has 0 aliphatic heterocycles. The molecule has 0 saturated carbocycles. The highest BCUT2D eigenvalue weighted by molar-refractivity contribution is 5.27. The van der Waals surface area contributed by atoms with E-state index in [1.54, 1.807) is 17.8 Å². The number of nitrogens with one attached hydrogen (secondary N) is 1. The predicted molar refractivity (Wildman–Crippen MR) is 56.8 cm³/mol. The molecule has 1 aromatic heterocycles. The van der Waals surface area contributed by atoms with E-state index >= 15 is 0 Å². The maximum atomic E-state index is 10.5. The maximum Gasteiger partial charge on any atom is 0.392 e. The van der Waals surface area contributed by atoms with Gasteiger partial charge in [-0.05, 0) is 11.8 Å². The normalized spacial score (nSPS) is 10.9. The SMILES string of the molecule is Cc1cn(CCNC(C)C)nc1[N+](=O)[O-]. The molecule has 0 aromatic carbocycles. The summed E-state index contributed by atoms with van der Waals surface area (Å²) in [5.74, 6) is -0.0560. The molecule has 0 radical (unpaired) electrons. The van der Waals surface area contributed by atoms with Crippen LogP contribution in [0.4, 0.5) is 5.82 Å². The maximum absolute atomic E-state index is 10.5. The third kappa shape index (κ3) is 3.32. The molecule has 0 fully saturated rings. The fourth-order valence-corrected chi connectivity index (χ4v) is 1.27. The minimum atomic E-state index is -0.457. The largest absolute Gasteiger partial charge is 0.392 e. The summed E-state index contributed by atoms with van der Waals surface area (Å²) in [5.41, 5.74) is 0.601. The van der Waals surface area contributed by atoms with E-state index in [1.165, 1.54) is 0 Å². The summed E-state index contributed by atoms with van der Waals surface area (Å²) in [5, 5.41) is 17.6. The monoisotopic (exact) mass is 212 g/mol. The Morgan fingerprint density at radius 1 is 1.67 bits per heavy atom. The highest BCUT2D eigenvalue weighted by Gasteiger charge is 2.16. The average molecular weight is 212 g/mol. The van der Waals surface area contributed by atoms with E-state index in [1.807, 2.05) is 0 Å². The zero-order valence-electron chi connectivity index (χ0n) is 9.23. The lowest BCUT2D eigenvalue weighted by Gasteiger charge is -2.05. The summed E-state index contributed by atoms with van der Waals surface area (Å²) in [7, 11) is 0. The van der Waals surface area contributed by atoms with Crippen LogP contribution in [0.3, 0.4) is 0 Å². The van der Waals surface area contributed by atoms with E-state index < -0.39 is 4.92 Å². The van der Waals surface area contributed by atoms with Gasteiger partial charge in [0.1, 0.15) is 0 Å². The van der Waals surface area contributed by atoms with Gasteiger partial charge in [0.2, 0.25) is 0 Å². The topological polar surface area (TPSA) is 73.0 Å². The summed E-state index contributed by atoms with van der Waals surface area (Å²) in [6.07, 6.45) is 1.69. The Hall–Kier alpha value is -1.43. The molecule has 1 N–H and O–H groups in total. The van der Waals surface area contributed by atoms with E-state index in [-0.39, 0.29) is 5.82 Å². The molecule has 1 heterocycles. The minimum absolute atomic E-state index is 0.0560. The van der Waals surface area contributed by atoms with Crippen LogP contribution in [0.1, 0.15) is 19.4 Å². The zero-order chi connectivity index (χ0) is 11.4. The third-order valence-corrected chi connectivity index (χ3v) is 1.98. The summed E-state index contributed by atoms with van der Waals surface area (Å²) >= 11 is 0. The number of nitrogens with zero attached hydrogens (tertiary/aromatic N) is 3. The van der Waals surface area contributed by atoms with Gasteiger partial charge in [0, 0.05) is 12.6 Å². The first-order valence-electron chi connectivity index (χ1n) is 4.92. The second-order valence-electron chi connectivity index (χ2n) is 3.76. The first-order chi connectivity index (χ1) is 7.00. The quantitative estimate of drug-likeness (QED) is 0.586. The van der Waals surface area contributed by atoms with E-state index in [4.69, 9.17) is 0 Å². The Labute approximate surface area is 88.4 Å². The Balaban J connectivity index is 2.56. The molecular formula is C9H16N4O2. The van der Waals surface area contributed by atoms with Gasteiger partial charge in [-0.3, -0.25) is 0 Å². The van der Waals surface area contributed by atoms with Crippen molar-refractivity contribution in [3.63, 3.8) is 0 Å². The fraction of sp³-hybridized carbons (Fsp3) is 0.667. The van der Waals surface area contributed by atoms with Gasteiger partial charge in [-0.1, -0.05) is 13.8 Å². The molecule has 0 aliphatic rings. The molecular weight excluding hydrogens is 196 g/mol. The molecule has 0 amide bonds. The molecule has 0 aliphatic carbocycles. The molecule has 6 nitrogen and oxygen atoms in total. The highest BCUT2D eigenvalue weighted by Crippen LogP contribution is 2.13. The number of aromatic nitrogens is 2. The standard InChI is InChI=1S/C9H16N4O2/c1-7(2)10-4-5-12-6-8(3)9(11-12)13(14)15/h6-7,10H,4-5H2,1-3H3. The summed E-state index contributed by atoms with van der Waals surface area (Å²) in [6.45, 7) is 7.20. The van der Waals surface area contributed by atoms with Crippen LogP contribution in [0.15, 0.2) is 6.20 Å². The summed E-state index contributed by atoms with van der Waals surface area (Å²) in [6, 6.07) is 0.414. The second-order valence-corrected chi connectivity index (χ2v) is 3.76. The smallest absolute Gasteiger partial charge is 0.358 e. The minimum Gasteiger partial charge on any atom is -0.358 e. The summed E-state index contributed by atoms with van der Waals surface area (Å²) < 4.78 is 1.60. The van der Waals surface area contributed by atoms with Crippen LogP contribution in [0.5, 0.6) is 0 Å². The lowest BCUT2D eigenvalue weighted by molar-refractivity contribution is -0.390. The Morgan fingerprint density at radius 3 is 2.80 bits per heavy atom. The Bertz CT molecular complexity index is 346. The van der Waals surface area contributed by atoms with Crippen LogP contribution in [0, 0.1) is 17.0 Å². The van der Waals surface area contributed by atoms with E-state index in [0.29, 0.717) is 18.2 Å². The first kappa shape index (κ1) is 11.6. The van der Waals surface area contributed by atoms with Gasteiger partial charge in [0.05, 0.1) is 23.4 Å². The Morgan fingerprint density at radius 2 is 2.33 bits per heavy atom. The number of hydrogen-bond donors (Lipinski definition) is 1. The van der Waals surface area contributed by atoms with Gasteiger partial charge in [-0.15, -0.1) is 0 Å². The van der Waals surface area contributed by atoms with Crippen LogP contribution in [0.25, 0.3) is 0 Å². The number of nitro groups is 1.